The van der Waals surface area contributed by atoms with Gasteiger partial charge in [0.05, 0.1) is 6.42 Å². The van der Waals surface area contributed by atoms with Crippen LogP contribution in [0.15, 0.2) is 18.3 Å². The van der Waals surface area contributed by atoms with Gasteiger partial charge in [0.1, 0.15) is 6.04 Å². The van der Waals surface area contributed by atoms with Gasteiger partial charge in [0.25, 0.3) is 0 Å². The highest BCUT2D eigenvalue weighted by molar-refractivity contribution is 5.80. The van der Waals surface area contributed by atoms with Crippen LogP contribution in [0.25, 0.3) is 0 Å². The van der Waals surface area contributed by atoms with Crippen molar-refractivity contribution in [3.05, 3.63) is 24.0 Å². The van der Waals surface area contributed by atoms with E-state index in [2.05, 4.69) is 10.3 Å². The standard InChI is InChI=1S/C12H18N2O4/c1-12(2,9-4-3-5-13-9)7-14-8(11(17)18)6-10(15)16/h3-5,8,13-14H,6-7H2,1-2H3,(H,15,16)(H,17,18). The number of H-pyrrole nitrogens is 1. The quantitative estimate of drug-likeness (QED) is 0.576. The Morgan fingerprint density at radius 1 is 1.44 bits per heavy atom. The van der Waals surface area contributed by atoms with E-state index in [1.54, 1.807) is 6.20 Å². The van der Waals surface area contributed by atoms with Crippen molar-refractivity contribution < 1.29 is 19.8 Å². The number of nitrogens with one attached hydrogen (secondary N) is 2. The highest BCUT2D eigenvalue weighted by Gasteiger charge is 2.26. The van der Waals surface area contributed by atoms with E-state index < -0.39 is 24.4 Å². The van der Waals surface area contributed by atoms with Gasteiger partial charge in [0, 0.05) is 23.9 Å². The van der Waals surface area contributed by atoms with Crippen LogP contribution in [0, 0.1) is 0 Å². The van der Waals surface area contributed by atoms with E-state index in [0.29, 0.717) is 6.54 Å². The molecule has 1 aromatic rings. The molecule has 0 aromatic carbocycles. The fourth-order valence-corrected chi connectivity index (χ4v) is 1.65. The van der Waals surface area contributed by atoms with E-state index in [-0.39, 0.29) is 5.41 Å². The van der Waals surface area contributed by atoms with Gasteiger partial charge in [-0.3, -0.25) is 9.59 Å². The topological polar surface area (TPSA) is 102 Å². The van der Waals surface area contributed by atoms with Crippen LogP contribution in [0.3, 0.4) is 0 Å². The van der Waals surface area contributed by atoms with Crippen LogP contribution in [0.5, 0.6) is 0 Å². The summed E-state index contributed by atoms with van der Waals surface area (Å²) in [6, 6.07) is 2.70. The number of carbonyl (C=O) groups is 2. The van der Waals surface area contributed by atoms with Crippen molar-refractivity contribution in [1.82, 2.24) is 10.3 Å². The van der Waals surface area contributed by atoms with Crippen molar-refractivity contribution in [2.75, 3.05) is 6.54 Å². The summed E-state index contributed by atoms with van der Waals surface area (Å²) in [5, 5.41) is 20.3. The van der Waals surface area contributed by atoms with Crippen LogP contribution in [0.1, 0.15) is 26.0 Å². The Morgan fingerprint density at radius 3 is 2.56 bits per heavy atom. The first-order chi connectivity index (χ1) is 8.33. The molecular formula is C12H18N2O4. The van der Waals surface area contributed by atoms with Gasteiger partial charge in [-0.15, -0.1) is 0 Å². The fourth-order valence-electron chi connectivity index (χ4n) is 1.65. The predicted molar refractivity (Wildman–Crippen MR) is 65.5 cm³/mol. The number of carboxylic acid groups (broad SMARTS) is 2. The summed E-state index contributed by atoms with van der Waals surface area (Å²) in [5.41, 5.74) is 0.671. The first-order valence-corrected chi connectivity index (χ1v) is 5.65. The number of carboxylic acids is 2. The molecule has 4 N–H and O–H groups in total. The largest absolute Gasteiger partial charge is 0.481 e. The molecule has 100 valence electrons. The highest BCUT2D eigenvalue weighted by atomic mass is 16.4. The zero-order valence-corrected chi connectivity index (χ0v) is 10.4. The molecule has 1 atom stereocenters. The van der Waals surface area contributed by atoms with E-state index in [9.17, 15) is 9.59 Å². The number of aromatic nitrogens is 1. The molecule has 0 spiro atoms. The van der Waals surface area contributed by atoms with Crippen LogP contribution >= 0.6 is 0 Å². The molecule has 0 aliphatic heterocycles. The Bertz CT molecular complexity index is 412. The number of rotatable bonds is 7. The highest BCUT2D eigenvalue weighted by Crippen LogP contribution is 2.20. The van der Waals surface area contributed by atoms with Gasteiger partial charge >= 0.3 is 11.9 Å². The molecule has 18 heavy (non-hydrogen) atoms. The van der Waals surface area contributed by atoms with Gasteiger partial charge in [-0.1, -0.05) is 13.8 Å². The fraction of sp³-hybridized carbons (Fsp3) is 0.500. The summed E-state index contributed by atoms with van der Waals surface area (Å²) >= 11 is 0. The maximum Gasteiger partial charge on any atom is 0.321 e. The summed E-state index contributed by atoms with van der Waals surface area (Å²) in [5.74, 6) is -2.28. The molecule has 0 amide bonds. The summed E-state index contributed by atoms with van der Waals surface area (Å²) in [6.07, 6.45) is 1.36. The summed E-state index contributed by atoms with van der Waals surface area (Å²) in [4.78, 5) is 24.5. The average molecular weight is 254 g/mol. The lowest BCUT2D eigenvalue weighted by molar-refractivity contribution is -0.146. The molecule has 0 radical (unpaired) electrons. The van der Waals surface area contributed by atoms with E-state index in [0.717, 1.165) is 5.69 Å². The minimum Gasteiger partial charge on any atom is -0.481 e. The lowest BCUT2D eigenvalue weighted by atomic mass is 9.89. The zero-order chi connectivity index (χ0) is 13.8. The summed E-state index contributed by atoms with van der Waals surface area (Å²) in [7, 11) is 0. The molecule has 1 heterocycles. The molecule has 0 saturated carbocycles. The third-order valence-electron chi connectivity index (χ3n) is 2.79. The van der Waals surface area contributed by atoms with E-state index in [1.807, 2.05) is 26.0 Å². The molecule has 1 rings (SSSR count). The van der Waals surface area contributed by atoms with E-state index >= 15 is 0 Å². The van der Waals surface area contributed by atoms with E-state index in [4.69, 9.17) is 10.2 Å². The van der Waals surface area contributed by atoms with Crippen molar-refractivity contribution >= 4 is 11.9 Å². The smallest absolute Gasteiger partial charge is 0.321 e. The van der Waals surface area contributed by atoms with Gasteiger partial charge in [-0.25, -0.2) is 0 Å². The molecule has 0 fully saturated rings. The second-order valence-corrected chi connectivity index (χ2v) is 4.84. The van der Waals surface area contributed by atoms with Crippen LogP contribution < -0.4 is 5.32 Å². The minimum atomic E-state index is -1.15. The second kappa shape index (κ2) is 5.68. The number of aromatic amines is 1. The lowest BCUT2D eigenvalue weighted by Gasteiger charge is -2.26. The third kappa shape index (κ3) is 3.89. The Balaban J connectivity index is 2.61. The van der Waals surface area contributed by atoms with Crippen molar-refractivity contribution in [2.45, 2.75) is 31.7 Å². The Labute approximate surface area is 105 Å². The Morgan fingerprint density at radius 2 is 2.11 bits per heavy atom. The molecule has 6 heteroatoms. The molecule has 0 aliphatic carbocycles. The lowest BCUT2D eigenvalue weighted by Crippen LogP contribution is -2.44. The third-order valence-corrected chi connectivity index (χ3v) is 2.79. The van der Waals surface area contributed by atoms with Gasteiger partial charge in [-0.05, 0) is 12.1 Å². The number of hydrogen-bond acceptors (Lipinski definition) is 3. The predicted octanol–water partition coefficient (Wildman–Crippen LogP) is 0.810. The monoisotopic (exact) mass is 254 g/mol. The summed E-state index contributed by atoms with van der Waals surface area (Å²) in [6.45, 7) is 4.27. The van der Waals surface area contributed by atoms with Crippen molar-refractivity contribution in [2.24, 2.45) is 0 Å². The van der Waals surface area contributed by atoms with Crippen LogP contribution in [0.4, 0.5) is 0 Å². The normalized spacial score (nSPS) is 13.2. The summed E-state index contributed by atoms with van der Waals surface area (Å²) < 4.78 is 0. The maximum atomic E-state index is 10.9. The molecule has 0 bridgehead atoms. The van der Waals surface area contributed by atoms with Crippen LogP contribution in [-0.2, 0) is 15.0 Å². The Hall–Kier alpha value is -1.82. The number of aliphatic carboxylic acids is 2. The van der Waals surface area contributed by atoms with Gasteiger partial charge in [0.15, 0.2) is 0 Å². The first-order valence-electron chi connectivity index (χ1n) is 5.65. The van der Waals surface area contributed by atoms with Crippen molar-refractivity contribution in [3.63, 3.8) is 0 Å². The minimum absolute atomic E-state index is 0.296. The molecular weight excluding hydrogens is 236 g/mol. The van der Waals surface area contributed by atoms with Gasteiger partial charge in [0.2, 0.25) is 0 Å². The van der Waals surface area contributed by atoms with Gasteiger partial charge in [-0.2, -0.15) is 0 Å². The van der Waals surface area contributed by atoms with Crippen LogP contribution in [-0.4, -0.2) is 39.7 Å². The van der Waals surface area contributed by atoms with E-state index in [1.165, 1.54) is 0 Å². The average Bonchev–Trinajstić information content (AvgIpc) is 2.77. The SMILES string of the molecule is CC(C)(CNC(CC(=O)O)C(=O)O)c1ccc[nH]1. The second-order valence-electron chi connectivity index (χ2n) is 4.84. The van der Waals surface area contributed by atoms with Crippen molar-refractivity contribution in [3.8, 4) is 0 Å². The number of hydrogen-bond donors (Lipinski definition) is 4. The Kier molecular flexibility index (Phi) is 4.49. The van der Waals surface area contributed by atoms with Crippen LogP contribution in [0.2, 0.25) is 0 Å². The molecule has 0 aliphatic rings. The molecule has 6 nitrogen and oxygen atoms in total. The zero-order valence-electron chi connectivity index (χ0n) is 10.4. The van der Waals surface area contributed by atoms with Gasteiger partial charge < -0.3 is 20.5 Å². The molecule has 0 saturated heterocycles. The molecule has 1 aromatic heterocycles. The van der Waals surface area contributed by atoms with Crippen molar-refractivity contribution in [1.29, 1.82) is 0 Å². The molecule has 1 unspecified atom stereocenters. The first kappa shape index (κ1) is 14.2. The maximum absolute atomic E-state index is 10.9.